The third kappa shape index (κ3) is 4.71. The van der Waals surface area contributed by atoms with E-state index in [0.717, 1.165) is 17.7 Å². The van der Waals surface area contributed by atoms with Crippen LogP contribution in [0.5, 0.6) is 0 Å². The first-order valence-corrected chi connectivity index (χ1v) is 11.7. The van der Waals surface area contributed by atoms with E-state index in [4.69, 9.17) is 23.2 Å². The fourth-order valence-electron chi connectivity index (χ4n) is 2.94. The SMILES string of the molecule is CSc1ccc(S(=O)(=O)Nc2cc(Cl)cc(Cl)c2)cc1C(=O)N1CCCC1. The Morgan fingerprint density at radius 3 is 2.30 bits per heavy atom. The zero-order valence-corrected chi connectivity index (χ0v) is 17.7. The van der Waals surface area contributed by atoms with Crippen LogP contribution in [0.3, 0.4) is 0 Å². The first kappa shape index (κ1) is 20.3. The van der Waals surface area contributed by atoms with Gasteiger partial charge in [-0.1, -0.05) is 23.2 Å². The molecule has 1 saturated heterocycles. The first-order chi connectivity index (χ1) is 12.8. The number of halogens is 2. The Hall–Kier alpha value is -1.41. The third-order valence-corrected chi connectivity index (χ3v) is 6.83. The van der Waals surface area contributed by atoms with Crippen LogP contribution >= 0.6 is 35.0 Å². The van der Waals surface area contributed by atoms with Crippen molar-refractivity contribution in [2.75, 3.05) is 24.1 Å². The molecule has 5 nitrogen and oxygen atoms in total. The Labute approximate surface area is 173 Å². The number of carbonyl (C=O) groups excluding carboxylic acids is 1. The molecule has 0 atom stereocenters. The minimum atomic E-state index is -3.90. The average molecular weight is 445 g/mol. The van der Waals surface area contributed by atoms with Crippen LogP contribution in [0.1, 0.15) is 23.2 Å². The number of sulfonamides is 1. The van der Waals surface area contributed by atoms with Crippen molar-refractivity contribution < 1.29 is 13.2 Å². The number of thioether (sulfide) groups is 1. The van der Waals surface area contributed by atoms with Gasteiger partial charge in [-0.2, -0.15) is 0 Å². The summed E-state index contributed by atoms with van der Waals surface area (Å²) in [6.45, 7) is 1.39. The monoisotopic (exact) mass is 444 g/mol. The first-order valence-electron chi connectivity index (χ1n) is 8.26. The van der Waals surface area contributed by atoms with Crippen LogP contribution in [0.15, 0.2) is 46.2 Å². The van der Waals surface area contributed by atoms with Crippen LogP contribution in [0.4, 0.5) is 5.69 Å². The van der Waals surface area contributed by atoms with Crippen molar-refractivity contribution in [1.82, 2.24) is 4.90 Å². The van der Waals surface area contributed by atoms with Crippen molar-refractivity contribution >= 4 is 56.6 Å². The van der Waals surface area contributed by atoms with Gasteiger partial charge >= 0.3 is 0 Å². The summed E-state index contributed by atoms with van der Waals surface area (Å²) < 4.78 is 28.0. The Morgan fingerprint density at radius 1 is 1.07 bits per heavy atom. The van der Waals surface area contributed by atoms with E-state index in [1.54, 1.807) is 11.0 Å². The molecule has 1 amide bonds. The van der Waals surface area contributed by atoms with Gasteiger partial charge in [-0.15, -0.1) is 11.8 Å². The normalized spacial score (nSPS) is 14.4. The number of rotatable bonds is 5. The number of hydrogen-bond donors (Lipinski definition) is 1. The fourth-order valence-corrected chi connectivity index (χ4v) is 5.10. The summed E-state index contributed by atoms with van der Waals surface area (Å²) in [4.78, 5) is 15.3. The number of nitrogens with zero attached hydrogens (tertiary/aromatic N) is 1. The predicted molar refractivity (Wildman–Crippen MR) is 111 cm³/mol. The van der Waals surface area contributed by atoms with Gasteiger partial charge in [0.15, 0.2) is 0 Å². The van der Waals surface area contributed by atoms with E-state index in [9.17, 15) is 13.2 Å². The molecule has 0 bridgehead atoms. The smallest absolute Gasteiger partial charge is 0.261 e. The van der Waals surface area contributed by atoms with E-state index in [0.29, 0.717) is 28.7 Å². The van der Waals surface area contributed by atoms with Crippen molar-refractivity contribution in [3.05, 3.63) is 52.0 Å². The van der Waals surface area contributed by atoms with Crippen molar-refractivity contribution in [2.24, 2.45) is 0 Å². The molecule has 0 aromatic heterocycles. The number of likely N-dealkylation sites (tertiary alicyclic amines) is 1. The zero-order chi connectivity index (χ0) is 19.6. The highest BCUT2D eigenvalue weighted by molar-refractivity contribution is 7.98. The Bertz CT molecular complexity index is 954. The molecule has 0 unspecified atom stereocenters. The number of anilines is 1. The maximum atomic E-state index is 12.8. The Kier molecular flexibility index (Phi) is 6.25. The van der Waals surface area contributed by atoms with Gasteiger partial charge in [-0.05, 0) is 55.5 Å². The van der Waals surface area contributed by atoms with E-state index < -0.39 is 10.0 Å². The van der Waals surface area contributed by atoms with Gasteiger partial charge in [0.1, 0.15) is 0 Å². The van der Waals surface area contributed by atoms with Crippen LogP contribution < -0.4 is 4.72 Å². The summed E-state index contributed by atoms with van der Waals surface area (Å²) in [7, 11) is -3.90. The van der Waals surface area contributed by atoms with E-state index in [-0.39, 0.29) is 16.5 Å². The number of hydrogen-bond acceptors (Lipinski definition) is 4. The van der Waals surface area contributed by atoms with Crippen LogP contribution in [0, 0.1) is 0 Å². The van der Waals surface area contributed by atoms with Crippen molar-refractivity contribution in [2.45, 2.75) is 22.6 Å². The molecule has 0 saturated carbocycles. The van der Waals surface area contributed by atoms with Gasteiger partial charge in [0.25, 0.3) is 15.9 Å². The second-order valence-electron chi connectivity index (χ2n) is 6.13. The molecule has 1 aliphatic heterocycles. The van der Waals surface area contributed by atoms with Crippen LogP contribution in [-0.2, 0) is 10.0 Å². The number of benzene rings is 2. The summed E-state index contributed by atoms with van der Waals surface area (Å²) in [5, 5.41) is 0.644. The maximum absolute atomic E-state index is 12.8. The lowest BCUT2D eigenvalue weighted by Gasteiger charge is -2.18. The molecule has 1 N–H and O–H groups in total. The van der Waals surface area contributed by atoms with Gasteiger partial charge in [0.2, 0.25) is 0 Å². The molecule has 0 spiro atoms. The van der Waals surface area contributed by atoms with Gasteiger partial charge < -0.3 is 4.90 Å². The Balaban J connectivity index is 1.95. The molecule has 1 heterocycles. The molecule has 27 heavy (non-hydrogen) atoms. The van der Waals surface area contributed by atoms with E-state index in [1.165, 1.54) is 42.1 Å². The lowest BCUT2D eigenvalue weighted by Crippen LogP contribution is -2.28. The average Bonchev–Trinajstić information content (AvgIpc) is 3.13. The van der Waals surface area contributed by atoms with E-state index in [2.05, 4.69) is 4.72 Å². The van der Waals surface area contributed by atoms with Crippen LogP contribution in [-0.4, -0.2) is 38.6 Å². The molecule has 9 heteroatoms. The standard InChI is InChI=1S/C18H18Cl2N2O3S2/c1-26-17-5-4-15(11-16(17)18(23)22-6-2-3-7-22)27(24,25)21-14-9-12(19)8-13(20)10-14/h4-5,8-11,21H,2-3,6-7H2,1H3. The molecule has 144 valence electrons. The molecule has 2 aromatic carbocycles. The number of nitrogens with one attached hydrogen (secondary N) is 1. The van der Waals surface area contributed by atoms with Gasteiger partial charge in [-0.25, -0.2) is 8.42 Å². The summed E-state index contributed by atoms with van der Waals surface area (Å²) >= 11 is 13.3. The van der Waals surface area contributed by atoms with E-state index in [1.807, 2.05) is 6.26 Å². The molecular formula is C18H18Cl2N2O3S2. The topological polar surface area (TPSA) is 66.5 Å². The summed E-state index contributed by atoms with van der Waals surface area (Å²) in [6, 6.07) is 9.03. The maximum Gasteiger partial charge on any atom is 0.261 e. The summed E-state index contributed by atoms with van der Waals surface area (Å²) in [5.74, 6) is -0.139. The van der Waals surface area contributed by atoms with Gasteiger partial charge in [0, 0.05) is 28.0 Å². The highest BCUT2D eigenvalue weighted by Gasteiger charge is 2.24. The largest absolute Gasteiger partial charge is 0.339 e. The molecule has 2 aromatic rings. The predicted octanol–water partition coefficient (Wildman–Crippen LogP) is 4.75. The van der Waals surface area contributed by atoms with Crippen molar-refractivity contribution in [3.8, 4) is 0 Å². The summed E-state index contributed by atoms with van der Waals surface area (Å²) in [5.41, 5.74) is 0.658. The lowest BCUT2D eigenvalue weighted by atomic mass is 10.2. The van der Waals surface area contributed by atoms with Gasteiger partial charge in [0.05, 0.1) is 16.1 Å². The minimum absolute atomic E-state index is 0.0129. The fraction of sp³-hybridized carbons (Fsp3) is 0.278. The highest BCUT2D eigenvalue weighted by atomic mass is 35.5. The molecule has 0 aliphatic carbocycles. The molecule has 1 aliphatic rings. The van der Waals surface area contributed by atoms with Crippen LogP contribution in [0.25, 0.3) is 0 Å². The van der Waals surface area contributed by atoms with E-state index >= 15 is 0 Å². The number of carbonyl (C=O) groups is 1. The highest BCUT2D eigenvalue weighted by Crippen LogP contribution is 2.28. The third-order valence-electron chi connectivity index (χ3n) is 4.22. The summed E-state index contributed by atoms with van der Waals surface area (Å²) in [6.07, 6.45) is 3.79. The molecule has 0 radical (unpaired) electrons. The number of amides is 1. The minimum Gasteiger partial charge on any atom is -0.339 e. The van der Waals surface area contributed by atoms with Gasteiger partial charge in [-0.3, -0.25) is 9.52 Å². The molecular weight excluding hydrogens is 427 g/mol. The second kappa shape index (κ2) is 8.31. The van der Waals surface area contributed by atoms with Crippen molar-refractivity contribution in [1.29, 1.82) is 0 Å². The molecule has 1 fully saturated rings. The quantitative estimate of drug-likeness (QED) is 0.675. The molecule has 3 rings (SSSR count). The lowest BCUT2D eigenvalue weighted by molar-refractivity contribution is 0.0789. The Morgan fingerprint density at radius 2 is 1.70 bits per heavy atom. The zero-order valence-electron chi connectivity index (χ0n) is 14.5. The van der Waals surface area contributed by atoms with Crippen molar-refractivity contribution in [3.63, 3.8) is 0 Å². The second-order valence-corrected chi connectivity index (χ2v) is 9.53. The van der Waals surface area contributed by atoms with Crippen LogP contribution in [0.2, 0.25) is 10.0 Å².